The number of alkyl halides is 6. The molecule has 0 amide bonds. The number of ketones is 1. The van der Waals surface area contributed by atoms with Gasteiger partial charge in [-0.15, -0.1) is 0 Å². The molecule has 0 aliphatic carbocycles. The number of hydrogen-bond acceptors (Lipinski definition) is 2. The minimum Gasteiger partial charge on any atom is -0.382 e. The van der Waals surface area contributed by atoms with E-state index in [1.807, 2.05) is 5.32 Å². The van der Waals surface area contributed by atoms with E-state index in [0.717, 1.165) is 24.4 Å². The van der Waals surface area contributed by atoms with E-state index >= 15 is 0 Å². The van der Waals surface area contributed by atoms with Crippen LogP contribution >= 0.6 is 0 Å². The van der Waals surface area contributed by atoms with E-state index in [-0.39, 0.29) is 17.6 Å². The van der Waals surface area contributed by atoms with Gasteiger partial charge in [-0.05, 0) is 23.3 Å². The number of allylic oxidation sites excluding steroid dienone is 1. The van der Waals surface area contributed by atoms with Gasteiger partial charge >= 0.3 is 12.4 Å². The maximum atomic E-state index is 12.9. The van der Waals surface area contributed by atoms with Crippen LogP contribution in [0.15, 0.2) is 60.8 Å². The van der Waals surface area contributed by atoms with Crippen LogP contribution in [-0.4, -0.2) is 18.5 Å². The number of benzene rings is 2. The van der Waals surface area contributed by atoms with Crippen LogP contribution in [0.1, 0.15) is 16.7 Å². The second-order valence-electron chi connectivity index (χ2n) is 5.72. The molecule has 0 heterocycles. The van der Waals surface area contributed by atoms with Crippen molar-refractivity contribution in [1.29, 1.82) is 0 Å². The molecule has 2 aromatic rings. The van der Waals surface area contributed by atoms with Crippen molar-refractivity contribution in [3.63, 3.8) is 0 Å². The van der Waals surface area contributed by atoms with Crippen LogP contribution < -0.4 is 5.32 Å². The standard InChI is InChI=1S/C19H15F6NO/c20-18(21,22)12-26-11-16(17(27)9-13-5-2-1-3-6-13)14-7-4-8-15(10-14)19(23,24)25/h1-8,10-11,26H,9,12H2. The molecule has 2 nitrogen and oxygen atoms in total. The van der Waals surface area contributed by atoms with Crippen molar-refractivity contribution in [3.05, 3.63) is 77.5 Å². The van der Waals surface area contributed by atoms with Crippen LogP contribution in [0.4, 0.5) is 26.3 Å². The van der Waals surface area contributed by atoms with Gasteiger partial charge in [0.15, 0.2) is 5.78 Å². The van der Waals surface area contributed by atoms with Crippen molar-refractivity contribution in [2.75, 3.05) is 6.54 Å². The Bertz CT molecular complexity index is 809. The highest BCUT2D eigenvalue weighted by atomic mass is 19.4. The van der Waals surface area contributed by atoms with Crippen LogP contribution in [0.2, 0.25) is 0 Å². The van der Waals surface area contributed by atoms with Crippen molar-refractivity contribution in [2.45, 2.75) is 18.8 Å². The highest BCUT2D eigenvalue weighted by Crippen LogP contribution is 2.31. The van der Waals surface area contributed by atoms with Crippen LogP contribution in [0.5, 0.6) is 0 Å². The summed E-state index contributed by atoms with van der Waals surface area (Å²) < 4.78 is 75.8. The molecule has 2 rings (SSSR count). The van der Waals surface area contributed by atoms with Crippen LogP contribution in [0.25, 0.3) is 5.57 Å². The first-order valence-electron chi connectivity index (χ1n) is 7.81. The Kier molecular flexibility index (Phi) is 6.30. The molecule has 8 heteroatoms. The summed E-state index contributed by atoms with van der Waals surface area (Å²) in [6.07, 6.45) is -8.51. The maximum absolute atomic E-state index is 12.9. The van der Waals surface area contributed by atoms with E-state index in [9.17, 15) is 31.1 Å². The van der Waals surface area contributed by atoms with Gasteiger partial charge in [-0.1, -0.05) is 42.5 Å². The fourth-order valence-electron chi connectivity index (χ4n) is 2.33. The Labute approximate surface area is 151 Å². The molecule has 0 spiro atoms. The number of carbonyl (C=O) groups is 1. The molecule has 0 unspecified atom stereocenters. The van der Waals surface area contributed by atoms with Gasteiger partial charge in [0.25, 0.3) is 0 Å². The predicted octanol–water partition coefficient (Wildman–Crippen LogP) is 5.01. The van der Waals surface area contributed by atoms with E-state index in [4.69, 9.17) is 0 Å². The third-order valence-corrected chi connectivity index (χ3v) is 3.56. The molecule has 0 atom stereocenters. The van der Waals surface area contributed by atoms with Crippen molar-refractivity contribution in [1.82, 2.24) is 5.32 Å². The molecule has 2 aromatic carbocycles. The number of rotatable bonds is 6. The van der Waals surface area contributed by atoms with Gasteiger partial charge in [-0.3, -0.25) is 4.79 Å². The highest BCUT2D eigenvalue weighted by molar-refractivity contribution is 6.21. The van der Waals surface area contributed by atoms with Gasteiger partial charge in [0, 0.05) is 18.2 Å². The van der Waals surface area contributed by atoms with E-state index in [2.05, 4.69) is 0 Å². The number of nitrogens with one attached hydrogen (secondary N) is 1. The van der Waals surface area contributed by atoms with Gasteiger partial charge < -0.3 is 5.32 Å². The molecular weight excluding hydrogens is 372 g/mol. The van der Waals surface area contributed by atoms with Crippen LogP contribution in [0, 0.1) is 0 Å². The van der Waals surface area contributed by atoms with Gasteiger partial charge in [0.2, 0.25) is 0 Å². The molecule has 144 valence electrons. The van der Waals surface area contributed by atoms with Crippen molar-refractivity contribution >= 4 is 11.4 Å². The number of halogens is 6. The number of Topliss-reactive ketones (excluding diaryl/α,β-unsaturated/α-hetero) is 1. The Hall–Kier alpha value is -2.77. The summed E-state index contributed by atoms with van der Waals surface area (Å²) in [5, 5.41) is 1.96. The van der Waals surface area contributed by atoms with Crippen molar-refractivity contribution in [3.8, 4) is 0 Å². The number of hydrogen-bond donors (Lipinski definition) is 1. The minimum absolute atomic E-state index is 0.111. The lowest BCUT2D eigenvalue weighted by Gasteiger charge is -2.13. The Morgan fingerprint density at radius 3 is 2.19 bits per heavy atom. The van der Waals surface area contributed by atoms with Crippen molar-refractivity contribution in [2.24, 2.45) is 0 Å². The molecule has 0 saturated carbocycles. The lowest BCUT2D eigenvalue weighted by molar-refractivity contribution is -0.137. The summed E-state index contributed by atoms with van der Waals surface area (Å²) in [5.74, 6) is -0.602. The smallest absolute Gasteiger partial charge is 0.382 e. The summed E-state index contributed by atoms with van der Waals surface area (Å²) in [6, 6.07) is 12.3. The predicted molar refractivity (Wildman–Crippen MR) is 88.6 cm³/mol. The summed E-state index contributed by atoms with van der Waals surface area (Å²) in [5.41, 5.74) is -0.764. The maximum Gasteiger partial charge on any atom is 0.416 e. The average Bonchev–Trinajstić information content (AvgIpc) is 2.58. The second-order valence-corrected chi connectivity index (χ2v) is 5.72. The molecule has 0 saturated heterocycles. The Morgan fingerprint density at radius 1 is 0.926 bits per heavy atom. The van der Waals surface area contributed by atoms with Crippen LogP contribution in [0.3, 0.4) is 0 Å². The zero-order chi connectivity index (χ0) is 20.1. The highest BCUT2D eigenvalue weighted by Gasteiger charge is 2.31. The molecule has 0 fully saturated rings. The molecule has 0 bridgehead atoms. The molecule has 27 heavy (non-hydrogen) atoms. The van der Waals surface area contributed by atoms with Crippen molar-refractivity contribution < 1.29 is 31.1 Å². The van der Waals surface area contributed by atoms with Crippen LogP contribution in [-0.2, 0) is 17.4 Å². The second kappa shape index (κ2) is 8.28. The first-order valence-corrected chi connectivity index (χ1v) is 7.81. The normalized spacial score (nSPS) is 12.7. The first kappa shape index (κ1) is 20.5. The topological polar surface area (TPSA) is 29.1 Å². The van der Waals surface area contributed by atoms with E-state index in [1.165, 1.54) is 6.07 Å². The lowest BCUT2D eigenvalue weighted by Crippen LogP contribution is -2.25. The SMILES string of the molecule is O=C(Cc1ccccc1)C(=CNCC(F)(F)F)c1cccc(C(F)(F)F)c1. The Balaban J connectivity index is 2.35. The minimum atomic E-state index is -4.64. The monoisotopic (exact) mass is 387 g/mol. The van der Waals surface area contributed by atoms with Gasteiger partial charge in [0.05, 0.1) is 5.56 Å². The lowest BCUT2D eigenvalue weighted by atomic mass is 9.96. The zero-order valence-electron chi connectivity index (χ0n) is 13.9. The summed E-state index contributed by atoms with van der Waals surface area (Å²) >= 11 is 0. The third-order valence-electron chi connectivity index (χ3n) is 3.56. The summed E-state index contributed by atoms with van der Waals surface area (Å²) in [4.78, 5) is 12.6. The largest absolute Gasteiger partial charge is 0.416 e. The van der Waals surface area contributed by atoms with Gasteiger partial charge in [-0.25, -0.2) is 0 Å². The molecule has 0 radical (unpaired) electrons. The fourth-order valence-corrected chi connectivity index (χ4v) is 2.33. The zero-order valence-corrected chi connectivity index (χ0v) is 13.9. The van der Waals surface area contributed by atoms with Gasteiger partial charge in [0.1, 0.15) is 6.54 Å². The van der Waals surface area contributed by atoms with E-state index in [1.54, 1.807) is 30.3 Å². The summed E-state index contributed by atoms with van der Waals surface area (Å²) in [7, 11) is 0. The quantitative estimate of drug-likeness (QED) is 0.558. The first-order chi connectivity index (χ1) is 12.6. The van der Waals surface area contributed by atoms with E-state index in [0.29, 0.717) is 5.56 Å². The molecule has 1 N–H and O–H groups in total. The number of carbonyl (C=O) groups excluding carboxylic acids is 1. The fraction of sp³-hybridized carbons (Fsp3) is 0.211. The average molecular weight is 387 g/mol. The third kappa shape index (κ3) is 6.47. The van der Waals surface area contributed by atoms with Gasteiger partial charge in [-0.2, -0.15) is 26.3 Å². The van der Waals surface area contributed by atoms with E-state index < -0.39 is 30.2 Å². The molecule has 0 aromatic heterocycles. The molecular formula is C19H15F6NO. The Morgan fingerprint density at radius 2 is 1.59 bits per heavy atom. The molecule has 0 aliphatic rings. The molecule has 0 aliphatic heterocycles. The summed E-state index contributed by atoms with van der Waals surface area (Å²) in [6.45, 7) is -1.41.